The molecule has 0 N–H and O–H groups in total. The number of benzene rings is 2. The number of rotatable bonds is 4. The maximum atomic E-state index is 4.89. The van der Waals surface area contributed by atoms with Crippen molar-refractivity contribution in [2.24, 2.45) is 0 Å². The summed E-state index contributed by atoms with van der Waals surface area (Å²) >= 11 is 0. The van der Waals surface area contributed by atoms with Crippen molar-refractivity contribution in [3.63, 3.8) is 0 Å². The van der Waals surface area contributed by atoms with Gasteiger partial charge in [0, 0.05) is 22.7 Å². The van der Waals surface area contributed by atoms with E-state index < -0.39 is 0 Å². The molecule has 4 rings (SSSR count). The molecule has 0 saturated heterocycles. The molecule has 2 nitrogen and oxygen atoms in total. The van der Waals surface area contributed by atoms with Gasteiger partial charge in [-0.2, -0.15) is 0 Å². The van der Waals surface area contributed by atoms with Crippen LogP contribution in [0.25, 0.3) is 22.5 Å². The van der Waals surface area contributed by atoms with Crippen molar-refractivity contribution in [3.05, 3.63) is 108 Å². The van der Waals surface area contributed by atoms with Crippen molar-refractivity contribution >= 4 is 0 Å². The highest BCUT2D eigenvalue weighted by atomic mass is 14.7. The lowest BCUT2D eigenvalue weighted by Crippen LogP contribution is -2.20. The number of pyridine rings is 2. The van der Waals surface area contributed by atoms with Crippen LogP contribution in [0.1, 0.15) is 25.1 Å². The van der Waals surface area contributed by atoms with E-state index in [0.29, 0.717) is 0 Å². The molecule has 0 atom stereocenters. The Morgan fingerprint density at radius 2 is 1.30 bits per heavy atom. The molecule has 2 heterocycles. The lowest BCUT2D eigenvalue weighted by molar-refractivity contribution is 0.617. The molecule has 0 spiro atoms. The molecule has 132 valence electrons. The molecule has 0 amide bonds. The number of nitrogens with zero attached hydrogens (tertiary/aromatic N) is 2. The number of hydrogen-bond donors (Lipinski definition) is 0. The third-order valence-electron chi connectivity index (χ3n) is 5.00. The second kappa shape index (κ2) is 7.16. The molecule has 2 heteroatoms. The SMILES string of the molecule is CC(C)(c1cccc(-c2cccc(-c3ccccc3)n2)c1)c1ccccn1. The number of aromatic nitrogens is 2. The summed E-state index contributed by atoms with van der Waals surface area (Å²) in [7, 11) is 0. The molecule has 0 fully saturated rings. The molecular formula is C25H22N2. The summed E-state index contributed by atoms with van der Waals surface area (Å²) in [4.78, 5) is 9.46. The quantitative estimate of drug-likeness (QED) is 0.442. The van der Waals surface area contributed by atoms with Crippen LogP contribution in [-0.2, 0) is 5.41 Å². The molecule has 0 radical (unpaired) electrons. The molecule has 4 aromatic rings. The standard InChI is InChI=1S/C25H22N2/c1-25(2,24-16-6-7-17-26-24)21-13-8-12-20(18-21)23-15-9-14-22(27-23)19-10-4-3-5-11-19/h3-18H,1-2H3. The van der Waals surface area contributed by atoms with E-state index in [1.807, 2.05) is 36.5 Å². The van der Waals surface area contributed by atoms with E-state index in [2.05, 4.69) is 79.5 Å². The Balaban J connectivity index is 1.74. The predicted molar refractivity (Wildman–Crippen MR) is 111 cm³/mol. The highest BCUT2D eigenvalue weighted by molar-refractivity contribution is 5.66. The number of hydrogen-bond acceptors (Lipinski definition) is 2. The summed E-state index contributed by atoms with van der Waals surface area (Å²) in [5.74, 6) is 0. The Labute approximate surface area is 160 Å². The van der Waals surface area contributed by atoms with Gasteiger partial charge in [-0.3, -0.25) is 4.98 Å². The summed E-state index contributed by atoms with van der Waals surface area (Å²) in [6.07, 6.45) is 1.85. The van der Waals surface area contributed by atoms with Gasteiger partial charge >= 0.3 is 0 Å². The fourth-order valence-electron chi connectivity index (χ4n) is 3.31. The van der Waals surface area contributed by atoms with E-state index in [0.717, 1.165) is 28.2 Å². The maximum absolute atomic E-state index is 4.89. The molecule has 0 bridgehead atoms. The highest BCUT2D eigenvalue weighted by Crippen LogP contribution is 2.32. The molecule has 0 aliphatic carbocycles. The second-order valence-electron chi connectivity index (χ2n) is 7.19. The molecule has 0 aliphatic heterocycles. The third kappa shape index (κ3) is 3.52. The van der Waals surface area contributed by atoms with Gasteiger partial charge in [-0.25, -0.2) is 4.98 Å². The third-order valence-corrected chi connectivity index (χ3v) is 5.00. The van der Waals surface area contributed by atoms with Crippen molar-refractivity contribution in [2.75, 3.05) is 0 Å². The van der Waals surface area contributed by atoms with Crippen molar-refractivity contribution in [1.82, 2.24) is 9.97 Å². The van der Waals surface area contributed by atoms with Gasteiger partial charge in [-0.1, -0.05) is 74.5 Å². The summed E-state index contributed by atoms with van der Waals surface area (Å²) in [5, 5.41) is 0. The van der Waals surface area contributed by atoms with E-state index in [9.17, 15) is 0 Å². The van der Waals surface area contributed by atoms with Crippen LogP contribution < -0.4 is 0 Å². The van der Waals surface area contributed by atoms with Gasteiger partial charge in [0.2, 0.25) is 0 Å². The summed E-state index contributed by atoms with van der Waals surface area (Å²) in [6.45, 7) is 4.42. The van der Waals surface area contributed by atoms with E-state index in [4.69, 9.17) is 4.98 Å². The minimum atomic E-state index is -0.172. The van der Waals surface area contributed by atoms with Gasteiger partial charge < -0.3 is 0 Å². The fourth-order valence-corrected chi connectivity index (χ4v) is 3.31. The second-order valence-corrected chi connectivity index (χ2v) is 7.19. The van der Waals surface area contributed by atoms with E-state index in [1.165, 1.54) is 5.56 Å². The normalized spacial score (nSPS) is 11.3. The lowest BCUT2D eigenvalue weighted by atomic mass is 9.80. The maximum Gasteiger partial charge on any atom is 0.0709 e. The summed E-state index contributed by atoms with van der Waals surface area (Å²) in [6, 6.07) is 31.2. The minimum Gasteiger partial charge on any atom is -0.260 e. The van der Waals surface area contributed by atoms with Gasteiger partial charge in [-0.15, -0.1) is 0 Å². The Bertz CT molecular complexity index is 1040. The van der Waals surface area contributed by atoms with E-state index in [-0.39, 0.29) is 5.41 Å². The highest BCUT2D eigenvalue weighted by Gasteiger charge is 2.24. The first kappa shape index (κ1) is 17.2. The molecular weight excluding hydrogens is 328 g/mol. The Morgan fingerprint density at radius 1 is 0.630 bits per heavy atom. The molecule has 2 aromatic carbocycles. The molecule has 0 aliphatic rings. The van der Waals surface area contributed by atoms with Crippen LogP contribution >= 0.6 is 0 Å². The summed E-state index contributed by atoms with van der Waals surface area (Å²) < 4.78 is 0. The van der Waals surface area contributed by atoms with Gasteiger partial charge in [0.25, 0.3) is 0 Å². The largest absolute Gasteiger partial charge is 0.260 e. The Morgan fingerprint density at radius 3 is 2.04 bits per heavy atom. The molecule has 0 unspecified atom stereocenters. The minimum absolute atomic E-state index is 0.172. The van der Waals surface area contributed by atoms with Crippen LogP contribution in [0.15, 0.2) is 97.2 Å². The topological polar surface area (TPSA) is 25.8 Å². The first-order valence-corrected chi connectivity index (χ1v) is 9.19. The van der Waals surface area contributed by atoms with Crippen molar-refractivity contribution in [2.45, 2.75) is 19.3 Å². The van der Waals surface area contributed by atoms with Gasteiger partial charge in [0.05, 0.1) is 17.1 Å². The van der Waals surface area contributed by atoms with E-state index in [1.54, 1.807) is 0 Å². The van der Waals surface area contributed by atoms with Gasteiger partial charge in [-0.05, 0) is 35.9 Å². The van der Waals surface area contributed by atoms with Crippen LogP contribution in [-0.4, -0.2) is 9.97 Å². The average molecular weight is 350 g/mol. The predicted octanol–water partition coefficient (Wildman–Crippen LogP) is 6.14. The average Bonchev–Trinajstić information content (AvgIpc) is 2.75. The summed E-state index contributed by atoms with van der Waals surface area (Å²) in [5.41, 5.74) is 6.34. The fraction of sp³-hybridized carbons (Fsp3) is 0.120. The van der Waals surface area contributed by atoms with Crippen LogP contribution in [0.3, 0.4) is 0 Å². The molecule has 2 aromatic heterocycles. The smallest absolute Gasteiger partial charge is 0.0709 e. The zero-order chi connectivity index (χ0) is 18.7. The lowest BCUT2D eigenvalue weighted by Gasteiger charge is -2.25. The first-order chi connectivity index (χ1) is 13.1. The van der Waals surface area contributed by atoms with Crippen molar-refractivity contribution < 1.29 is 0 Å². The zero-order valence-corrected chi connectivity index (χ0v) is 15.6. The zero-order valence-electron chi connectivity index (χ0n) is 15.6. The first-order valence-electron chi connectivity index (χ1n) is 9.19. The Kier molecular flexibility index (Phi) is 4.55. The van der Waals surface area contributed by atoms with Crippen LogP contribution in [0.5, 0.6) is 0 Å². The van der Waals surface area contributed by atoms with Gasteiger partial charge in [0.1, 0.15) is 0 Å². The Hall–Kier alpha value is -3.26. The van der Waals surface area contributed by atoms with Crippen molar-refractivity contribution in [1.29, 1.82) is 0 Å². The van der Waals surface area contributed by atoms with Crippen LogP contribution in [0.4, 0.5) is 0 Å². The van der Waals surface area contributed by atoms with Crippen molar-refractivity contribution in [3.8, 4) is 22.5 Å². The molecule has 27 heavy (non-hydrogen) atoms. The van der Waals surface area contributed by atoms with Gasteiger partial charge in [0.15, 0.2) is 0 Å². The molecule has 0 saturated carbocycles. The monoisotopic (exact) mass is 350 g/mol. The van der Waals surface area contributed by atoms with E-state index >= 15 is 0 Å². The van der Waals surface area contributed by atoms with Crippen LogP contribution in [0, 0.1) is 0 Å². The van der Waals surface area contributed by atoms with Crippen LogP contribution in [0.2, 0.25) is 0 Å².